The van der Waals surface area contributed by atoms with Gasteiger partial charge in [-0.25, -0.2) is 4.98 Å². The summed E-state index contributed by atoms with van der Waals surface area (Å²) in [6.45, 7) is 6.41. The SMILES string of the molecule is CCO[C@H]1Cc2ccccc2C1Nc1c(CC)nc(-c2ccc(C(F)(F)F)cc2Cl)n(CC)c1=O. The van der Waals surface area contributed by atoms with E-state index < -0.39 is 11.7 Å². The molecule has 1 N–H and O–H groups in total. The van der Waals surface area contributed by atoms with Gasteiger partial charge in [0.1, 0.15) is 11.5 Å². The number of anilines is 1. The van der Waals surface area contributed by atoms with E-state index in [0.717, 1.165) is 24.1 Å². The molecule has 0 saturated carbocycles. The van der Waals surface area contributed by atoms with Crippen molar-refractivity contribution in [3.63, 3.8) is 0 Å². The lowest BCUT2D eigenvalue weighted by Gasteiger charge is -2.25. The third-order valence-corrected chi connectivity index (χ3v) is 6.61. The second kappa shape index (κ2) is 10.0. The molecule has 4 rings (SSSR count). The first kappa shape index (κ1) is 25.3. The van der Waals surface area contributed by atoms with Crippen molar-refractivity contribution in [2.24, 2.45) is 0 Å². The Morgan fingerprint density at radius 2 is 1.91 bits per heavy atom. The minimum absolute atomic E-state index is 0.113. The molecule has 1 unspecified atom stereocenters. The quantitative estimate of drug-likeness (QED) is 0.410. The fraction of sp³-hybridized carbons (Fsp3) is 0.385. The molecule has 0 aliphatic heterocycles. The molecule has 35 heavy (non-hydrogen) atoms. The molecule has 1 heterocycles. The van der Waals surface area contributed by atoms with Gasteiger partial charge in [-0.15, -0.1) is 0 Å². The second-order valence-corrected chi connectivity index (χ2v) is 8.78. The Balaban J connectivity index is 1.81. The number of nitrogens with one attached hydrogen (secondary N) is 1. The fourth-order valence-electron chi connectivity index (χ4n) is 4.63. The molecule has 186 valence electrons. The van der Waals surface area contributed by atoms with Gasteiger partial charge < -0.3 is 10.1 Å². The molecular weight excluding hydrogens is 479 g/mol. The summed E-state index contributed by atoms with van der Waals surface area (Å²) in [6, 6.07) is 10.9. The first-order valence-corrected chi connectivity index (χ1v) is 12.0. The van der Waals surface area contributed by atoms with Crippen LogP contribution in [0, 0.1) is 0 Å². The minimum atomic E-state index is -4.52. The molecule has 0 amide bonds. The number of rotatable bonds is 7. The van der Waals surface area contributed by atoms with Crippen LogP contribution in [0.3, 0.4) is 0 Å². The highest BCUT2D eigenvalue weighted by molar-refractivity contribution is 6.33. The largest absolute Gasteiger partial charge is 0.416 e. The molecule has 0 saturated heterocycles. The molecule has 1 aliphatic carbocycles. The summed E-state index contributed by atoms with van der Waals surface area (Å²) in [5.41, 5.74) is 2.25. The molecule has 5 nitrogen and oxygen atoms in total. The Morgan fingerprint density at radius 3 is 2.54 bits per heavy atom. The number of benzene rings is 2. The number of alkyl halides is 3. The van der Waals surface area contributed by atoms with Crippen molar-refractivity contribution in [3.05, 3.63) is 80.2 Å². The molecule has 2 atom stereocenters. The number of aromatic nitrogens is 2. The van der Waals surface area contributed by atoms with Gasteiger partial charge in [-0.1, -0.05) is 42.8 Å². The van der Waals surface area contributed by atoms with Crippen LogP contribution in [0.25, 0.3) is 11.4 Å². The van der Waals surface area contributed by atoms with E-state index in [1.807, 2.05) is 32.0 Å². The fourth-order valence-corrected chi connectivity index (χ4v) is 4.89. The first-order chi connectivity index (χ1) is 16.7. The zero-order valence-corrected chi connectivity index (χ0v) is 20.5. The van der Waals surface area contributed by atoms with Crippen molar-refractivity contribution in [2.75, 3.05) is 11.9 Å². The van der Waals surface area contributed by atoms with Gasteiger partial charge in [0.2, 0.25) is 0 Å². The lowest BCUT2D eigenvalue weighted by molar-refractivity contribution is -0.137. The molecule has 3 aromatic rings. The standard InChI is InChI=1S/C26H27ClF3N3O2/c1-4-20-23(32-22-17-10-8-7-9-15(17)13-21(22)35-6-3)25(34)33(5-2)24(31-20)18-12-11-16(14-19(18)27)26(28,29)30/h7-12,14,21-22,32H,4-6,13H2,1-3H3/t21-,22?/m0/s1. The van der Waals surface area contributed by atoms with E-state index >= 15 is 0 Å². The van der Waals surface area contributed by atoms with Gasteiger partial charge in [-0.2, -0.15) is 13.2 Å². The summed E-state index contributed by atoms with van der Waals surface area (Å²) < 4.78 is 46.8. The van der Waals surface area contributed by atoms with Crippen LogP contribution < -0.4 is 10.9 Å². The topological polar surface area (TPSA) is 56.1 Å². The summed E-state index contributed by atoms with van der Waals surface area (Å²) in [4.78, 5) is 18.4. The third-order valence-electron chi connectivity index (χ3n) is 6.30. The van der Waals surface area contributed by atoms with Crippen LogP contribution >= 0.6 is 11.6 Å². The second-order valence-electron chi connectivity index (χ2n) is 8.37. The maximum Gasteiger partial charge on any atom is 0.416 e. The van der Waals surface area contributed by atoms with Crippen molar-refractivity contribution < 1.29 is 17.9 Å². The molecule has 0 spiro atoms. The van der Waals surface area contributed by atoms with E-state index in [0.29, 0.717) is 24.4 Å². The Hall–Kier alpha value is -2.84. The molecule has 0 radical (unpaired) electrons. The smallest absolute Gasteiger partial charge is 0.376 e. The molecule has 1 aliphatic rings. The Bertz CT molecular complexity index is 1290. The third kappa shape index (κ3) is 4.82. The van der Waals surface area contributed by atoms with Crippen molar-refractivity contribution in [1.82, 2.24) is 9.55 Å². The van der Waals surface area contributed by atoms with E-state index in [1.54, 1.807) is 6.92 Å². The summed E-state index contributed by atoms with van der Waals surface area (Å²) >= 11 is 6.25. The van der Waals surface area contributed by atoms with Gasteiger partial charge >= 0.3 is 6.18 Å². The summed E-state index contributed by atoms with van der Waals surface area (Å²) in [7, 11) is 0. The number of ether oxygens (including phenoxy) is 1. The number of hydrogen-bond donors (Lipinski definition) is 1. The van der Waals surface area contributed by atoms with Crippen LogP contribution in [0.2, 0.25) is 5.02 Å². The van der Waals surface area contributed by atoms with Gasteiger partial charge in [0.25, 0.3) is 5.56 Å². The van der Waals surface area contributed by atoms with Crippen molar-refractivity contribution in [3.8, 4) is 11.4 Å². The molecule has 1 aromatic heterocycles. The highest BCUT2D eigenvalue weighted by Crippen LogP contribution is 2.37. The van der Waals surface area contributed by atoms with Crippen LogP contribution in [-0.4, -0.2) is 22.3 Å². The predicted molar refractivity (Wildman–Crippen MR) is 131 cm³/mol. The van der Waals surface area contributed by atoms with Crippen molar-refractivity contribution in [2.45, 2.75) is 58.5 Å². The number of halogens is 4. The van der Waals surface area contributed by atoms with Gasteiger partial charge in [-0.05, 0) is 49.6 Å². The van der Waals surface area contributed by atoms with E-state index in [1.165, 1.54) is 16.2 Å². The first-order valence-electron chi connectivity index (χ1n) is 11.7. The minimum Gasteiger partial charge on any atom is -0.376 e. The Morgan fingerprint density at radius 1 is 1.17 bits per heavy atom. The Labute approximate surface area is 206 Å². The monoisotopic (exact) mass is 505 g/mol. The van der Waals surface area contributed by atoms with E-state index in [4.69, 9.17) is 21.3 Å². The maximum atomic E-state index is 13.7. The van der Waals surface area contributed by atoms with Gasteiger partial charge in [-0.3, -0.25) is 9.36 Å². The number of nitrogens with zero attached hydrogens (tertiary/aromatic N) is 2. The van der Waals surface area contributed by atoms with Crippen LogP contribution in [-0.2, 0) is 30.3 Å². The lowest BCUT2D eigenvalue weighted by Crippen LogP contribution is -2.32. The predicted octanol–water partition coefficient (Wildman–Crippen LogP) is 6.28. The number of aryl methyl sites for hydroxylation is 1. The van der Waals surface area contributed by atoms with Gasteiger partial charge in [0.05, 0.1) is 28.4 Å². The highest BCUT2D eigenvalue weighted by atomic mass is 35.5. The Kier molecular flexibility index (Phi) is 7.24. The number of hydrogen-bond acceptors (Lipinski definition) is 4. The summed E-state index contributed by atoms with van der Waals surface area (Å²) in [5, 5.41) is 3.30. The molecule has 0 bridgehead atoms. The van der Waals surface area contributed by atoms with E-state index in [2.05, 4.69) is 11.4 Å². The van der Waals surface area contributed by atoms with Crippen molar-refractivity contribution in [1.29, 1.82) is 0 Å². The van der Waals surface area contributed by atoms with Gasteiger partial charge in [0.15, 0.2) is 0 Å². The van der Waals surface area contributed by atoms with Crippen LogP contribution in [0.15, 0.2) is 47.3 Å². The lowest BCUT2D eigenvalue weighted by atomic mass is 10.1. The van der Waals surface area contributed by atoms with E-state index in [-0.39, 0.29) is 40.7 Å². The molecular formula is C26H27ClF3N3O2. The molecule has 0 fully saturated rings. The summed E-state index contributed by atoms with van der Waals surface area (Å²) in [5.74, 6) is 0.242. The number of fused-ring (bicyclic) bond motifs is 1. The van der Waals surface area contributed by atoms with E-state index in [9.17, 15) is 18.0 Å². The average molecular weight is 506 g/mol. The summed E-state index contributed by atoms with van der Waals surface area (Å²) in [6.07, 6.45) is -3.48. The maximum absolute atomic E-state index is 13.7. The van der Waals surface area contributed by atoms with Crippen LogP contribution in [0.4, 0.5) is 18.9 Å². The van der Waals surface area contributed by atoms with Crippen molar-refractivity contribution >= 4 is 17.3 Å². The van der Waals surface area contributed by atoms with Crippen LogP contribution in [0.1, 0.15) is 49.2 Å². The normalized spacial score (nSPS) is 17.5. The van der Waals surface area contributed by atoms with Gasteiger partial charge in [0, 0.05) is 25.1 Å². The average Bonchev–Trinajstić information content (AvgIpc) is 3.16. The zero-order valence-electron chi connectivity index (χ0n) is 19.7. The highest BCUT2D eigenvalue weighted by Gasteiger charge is 2.35. The van der Waals surface area contributed by atoms with Crippen LogP contribution in [0.5, 0.6) is 0 Å². The zero-order chi connectivity index (χ0) is 25.3. The molecule has 2 aromatic carbocycles. The molecule has 9 heteroatoms.